The van der Waals surface area contributed by atoms with Crippen molar-refractivity contribution in [2.24, 2.45) is 7.05 Å². The molecule has 0 atom stereocenters. The summed E-state index contributed by atoms with van der Waals surface area (Å²) >= 11 is 0. The Kier molecular flexibility index (Phi) is 5.35. The van der Waals surface area contributed by atoms with Crippen molar-refractivity contribution in [3.63, 3.8) is 0 Å². The molecule has 1 amide bonds. The lowest BCUT2D eigenvalue weighted by Crippen LogP contribution is -2.29. The van der Waals surface area contributed by atoms with Crippen LogP contribution in [-0.4, -0.2) is 33.9 Å². The second-order valence-electron chi connectivity index (χ2n) is 3.72. The molecule has 6 nitrogen and oxygen atoms in total. The fraction of sp³-hybridized carbons (Fsp3) is 0.545. The molecule has 0 spiro atoms. The average molecular weight is 239 g/mol. The number of amides is 1. The molecule has 0 aliphatic heterocycles. The number of aryl methyl sites for hydroxylation is 1. The Morgan fingerprint density at radius 2 is 2.18 bits per heavy atom. The molecule has 0 bridgehead atoms. The number of nitrogens with one attached hydrogen (secondary N) is 1. The third-order valence-corrected chi connectivity index (χ3v) is 2.31. The van der Waals surface area contributed by atoms with E-state index in [-0.39, 0.29) is 23.8 Å². The van der Waals surface area contributed by atoms with Crippen molar-refractivity contribution in [1.82, 2.24) is 15.1 Å². The van der Waals surface area contributed by atoms with Gasteiger partial charge in [0, 0.05) is 26.3 Å². The van der Waals surface area contributed by atoms with Gasteiger partial charge < -0.3 is 10.4 Å². The van der Waals surface area contributed by atoms with E-state index < -0.39 is 0 Å². The minimum atomic E-state index is -0.287. The number of aliphatic hydroxyl groups is 1. The van der Waals surface area contributed by atoms with E-state index in [2.05, 4.69) is 10.4 Å². The van der Waals surface area contributed by atoms with Crippen LogP contribution in [0.25, 0.3) is 0 Å². The van der Waals surface area contributed by atoms with Gasteiger partial charge in [-0.05, 0) is 25.3 Å². The molecule has 0 aliphatic rings. The highest BCUT2D eigenvalue weighted by atomic mass is 16.3. The molecular weight excluding hydrogens is 222 g/mol. The first-order chi connectivity index (χ1) is 8.15. The SMILES string of the molecule is Cn1nc(C(=O)NCCCCCO)ccc1=O. The Balaban J connectivity index is 2.42. The van der Waals surface area contributed by atoms with Crippen LogP contribution in [0.5, 0.6) is 0 Å². The molecule has 0 unspecified atom stereocenters. The van der Waals surface area contributed by atoms with Crippen LogP contribution in [0, 0.1) is 0 Å². The Morgan fingerprint density at radius 1 is 1.41 bits per heavy atom. The third kappa shape index (κ3) is 4.36. The molecule has 0 fully saturated rings. The normalized spacial score (nSPS) is 10.2. The van der Waals surface area contributed by atoms with Gasteiger partial charge >= 0.3 is 0 Å². The van der Waals surface area contributed by atoms with Gasteiger partial charge in [0.2, 0.25) is 0 Å². The maximum absolute atomic E-state index is 11.6. The first-order valence-electron chi connectivity index (χ1n) is 5.58. The van der Waals surface area contributed by atoms with E-state index in [4.69, 9.17) is 5.11 Å². The Bertz CT molecular complexity index is 428. The predicted octanol–water partition coefficient (Wildman–Crippen LogP) is -0.327. The summed E-state index contributed by atoms with van der Waals surface area (Å²) in [6.45, 7) is 0.722. The van der Waals surface area contributed by atoms with E-state index >= 15 is 0 Å². The van der Waals surface area contributed by atoms with Gasteiger partial charge in [0.15, 0.2) is 0 Å². The molecule has 1 rings (SSSR count). The van der Waals surface area contributed by atoms with Crippen molar-refractivity contribution >= 4 is 5.91 Å². The zero-order valence-corrected chi connectivity index (χ0v) is 9.85. The molecule has 0 saturated carbocycles. The summed E-state index contributed by atoms with van der Waals surface area (Å²) in [6.07, 6.45) is 2.43. The van der Waals surface area contributed by atoms with Crippen LogP contribution in [0.3, 0.4) is 0 Å². The van der Waals surface area contributed by atoms with Crippen LogP contribution in [0.2, 0.25) is 0 Å². The molecule has 0 saturated heterocycles. The van der Waals surface area contributed by atoms with Crippen LogP contribution >= 0.6 is 0 Å². The van der Waals surface area contributed by atoms with E-state index in [0.717, 1.165) is 23.9 Å². The smallest absolute Gasteiger partial charge is 0.271 e. The van der Waals surface area contributed by atoms with Crippen LogP contribution in [-0.2, 0) is 7.05 Å². The summed E-state index contributed by atoms with van der Waals surface area (Å²) in [5.41, 5.74) is -0.0150. The third-order valence-electron chi connectivity index (χ3n) is 2.31. The number of carbonyl (C=O) groups is 1. The van der Waals surface area contributed by atoms with E-state index in [1.54, 1.807) is 0 Å². The van der Waals surface area contributed by atoms with Gasteiger partial charge in [0.25, 0.3) is 11.5 Å². The Morgan fingerprint density at radius 3 is 2.82 bits per heavy atom. The van der Waals surface area contributed by atoms with Crippen LogP contribution in [0.4, 0.5) is 0 Å². The number of nitrogens with zero attached hydrogens (tertiary/aromatic N) is 2. The van der Waals surface area contributed by atoms with Gasteiger partial charge in [-0.2, -0.15) is 5.10 Å². The highest BCUT2D eigenvalue weighted by Gasteiger charge is 2.07. The standard InChI is InChI=1S/C11H17N3O3/c1-14-10(16)6-5-9(13-14)11(17)12-7-3-2-4-8-15/h5-6,15H,2-4,7-8H2,1H3,(H,12,17). The average Bonchev–Trinajstić information content (AvgIpc) is 2.32. The van der Waals surface area contributed by atoms with Crippen molar-refractivity contribution in [2.75, 3.05) is 13.2 Å². The lowest BCUT2D eigenvalue weighted by molar-refractivity contribution is 0.0945. The molecule has 0 aliphatic carbocycles. The minimum absolute atomic E-state index is 0.177. The summed E-state index contributed by atoms with van der Waals surface area (Å²) in [5, 5.41) is 15.1. The molecule has 0 aromatic carbocycles. The molecular formula is C11H17N3O3. The monoisotopic (exact) mass is 239 g/mol. The summed E-state index contributed by atoms with van der Waals surface area (Å²) in [6, 6.07) is 2.72. The van der Waals surface area contributed by atoms with Gasteiger partial charge in [-0.3, -0.25) is 9.59 Å². The fourth-order valence-electron chi connectivity index (χ4n) is 1.33. The number of hydrogen-bond acceptors (Lipinski definition) is 4. The molecule has 2 N–H and O–H groups in total. The van der Waals surface area contributed by atoms with Crippen molar-refractivity contribution in [3.8, 4) is 0 Å². The fourth-order valence-corrected chi connectivity index (χ4v) is 1.33. The zero-order valence-electron chi connectivity index (χ0n) is 9.85. The van der Waals surface area contributed by atoms with Crippen LogP contribution < -0.4 is 10.9 Å². The maximum atomic E-state index is 11.6. The van der Waals surface area contributed by atoms with Crippen molar-refractivity contribution < 1.29 is 9.90 Å². The summed E-state index contributed by atoms with van der Waals surface area (Å²) in [5.74, 6) is -0.287. The second kappa shape index (κ2) is 6.80. The second-order valence-corrected chi connectivity index (χ2v) is 3.72. The topological polar surface area (TPSA) is 84.2 Å². The van der Waals surface area contributed by atoms with Crippen LogP contribution in [0.15, 0.2) is 16.9 Å². The molecule has 0 radical (unpaired) electrons. The van der Waals surface area contributed by atoms with E-state index in [1.165, 1.54) is 19.2 Å². The van der Waals surface area contributed by atoms with Crippen LogP contribution in [0.1, 0.15) is 29.8 Å². The van der Waals surface area contributed by atoms with E-state index in [1.807, 2.05) is 0 Å². The van der Waals surface area contributed by atoms with Gasteiger partial charge in [0.1, 0.15) is 5.69 Å². The summed E-state index contributed by atoms with van der Waals surface area (Å²) < 4.78 is 1.13. The van der Waals surface area contributed by atoms with Gasteiger partial charge in [-0.15, -0.1) is 0 Å². The van der Waals surface area contributed by atoms with E-state index in [0.29, 0.717) is 6.54 Å². The number of unbranched alkanes of at least 4 members (excludes halogenated alkanes) is 2. The van der Waals surface area contributed by atoms with Gasteiger partial charge in [0.05, 0.1) is 0 Å². The Labute approximate surface area is 99.3 Å². The highest BCUT2D eigenvalue weighted by molar-refractivity contribution is 5.91. The largest absolute Gasteiger partial charge is 0.396 e. The Hall–Kier alpha value is -1.69. The summed E-state index contributed by atoms with van der Waals surface area (Å²) in [7, 11) is 1.50. The number of carbonyl (C=O) groups excluding carboxylic acids is 1. The van der Waals surface area contributed by atoms with E-state index in [9.17, 15) is 9.59 Å². The molecule has 94 valence electrons. The first-order valence-corrected chi connectivity index (χ1v) is 5.58. The van der Waals surface area contributed by atoms with Gasteiger partial charge in [-0.25, -0.2) is 4.68 Å². The van der Waals surface area contributed by atoms with Crippen molar-refractivity contribution in [3.05, 3.63) is 28.2 Å². The first kappa shape index (κ1) is 13.4. The molecule has 1 heterocycles. The molecule has 17 heavy (non-hydrogen) atoms. The zero-order chi connectivity index (χ0) is 12.7. The number of aromatic nitrogens is 2. The lowest BCUT2D eigenvalue weighted by Gasteiger charge is -2.04. The number of hydrogen-bond donors (Lipinski definition) is 2. The summed E-state index contributed by atoms with van der Waals surface area (Å²) in [4.78, 5) is 22.7. The van der Waals surface area contributed by atoms with Crippen molar-refractivity contribution in [2.45, 2.75) is 19.3 Å². The highest BCUT2D eigenvalue weighted by Crippen LogP contribution is 1.94. The van der Waals surface area contributed by atoms with Crippen molar-refractivity contribution in [1.29, 1.82) is 0 Å². The molecule has 1 aromatic rings. The molecule has 1 aromatic heterocycles. The quantitative estimate of drug-likeness (QED) is 0.666. The number of aliphatic hydroxyl groups excluding tert-OH is 1. The maximum Gasteiger partial charge on any atom is 0.271 e. The van der Waals surface area contributed by atoms with Gasteiger partial charge in [-0.1, -0.05) is 0 Å². The minimum Gasteiger partial charge on any atom is -0.396 e. The predicted molar refractivity (Wildman–Crippen MR) is 62.7 cm³/mol. The number of rotatable bonds is 6. The lowest BCUT2D eigenvalue weighted by atomic mass is 10.2. The molecule has 6 heteroatoms.